The number of anilines is 3. The first-order valence-corrected chi connectivity index (χ1v) is 6.22. The number of halogens is 1. The highest BCUT2D eigenvalue weighted by molar-refractivity contribution is 6.30. The van der Waals surface area contributed by atoms with Crippen molar-refractivity contribution in [1.82, 2.24) is 0 Å². The Morgan fingerprint density at radius 3 is 1.94 bits per heavy atom. The molecule has 0 bridgehead atoms. The summed E-state index contributed by atoms with van der Waals surface area (Å²) in [6.45, 7) is 0. The molecule has 0 spiro atoms. The number of hydrogen-bond acceptors (Lipinski definition) is 2. The van der Waals surface area contributed by atoms with Crippen molar-refractivity contribution in [3.63, 3.8) is 0 Å². The molecule has 0 aliphatic rings. The Morgan fingerprint density at radius 1 is 0.778 bits per heavy atom. The molecule has 0 saturated heterocycles. The minimum absolute atomic E-state index is 0.753. The lowest BCUT2D eigenvalue weighted by Crippen LogP contribution is -2.12. The van der Waals surface area contributed by atoms with E-state index in [2.05, 4.69) is 34.1 Å². The molecule has 0 aliphatic heterocycles. The summed E-state index contributed by atoms with van der Waals surface area (Å²) in [7, 11) is 6.12. The van der Waals surface area contributed by atoms with Crippen molar-refractivity contribution in [3.05, 3.63) is 53.6 Å². The van der Waals surface area contributed by atoms with E-state index in [9.17, 15) is 0 Å². The third kappa shape index (κ3) is 2.77. The fraction of sp³-hybridized carbons (Fsp3) is 0.200. The van der Waals surface area contributed by atoms with Crippen LogP contribution in [-0.4, -0.2) is 21.1 Å². The van der Waals surface area contributed by atoms with Crippen LogP contribution in [-0.2, 0) is 0 Å². The van der Waals surface area contributed by atoms with E-state index < -0.39 is 0 Å². The summed E-state index contributed by atoms with van der Waals surface area (Å²) in [5.41, 5.74) is 3.41. The van der Waals surface area contributed by atoms with E-state index >= 15 is 0 Å². The average molecular weight is 261 g/mol. The van der Waals surface area contributed by atoms with Crippen LogP contribution in [0.25, 0.3) is 0 Å². The molecular weight excluding hydrogens is 244 g/mol. The molecule has 0 radical (unpaired) electrons. The van der Waals surface area contributed by atoms with Gasteiger partial charge in [-0.1, -0.05) is 23.7 Å². The SMILES string of the molecule is CN(C)c1cccc(N(C)c2cccc(Cl)c2)c1. The van der Waals surface area contributed by atoms with E-state index in [4.69, 9.17) is 11.6 Å². The van der Waals surface area contributed by atoms with Gasteiger partial charge in [-0.25, -0.2) is 0 Å². The molecule has 0 heterocycles. The molecular formula is C15H17ClN2. The van der Waals surface area contributed by atoms with Crippen molar-refractivity contribution in [2.75, 3.05) is 30.9 Å². The standard InChI is InChI=1S/C15H17ClN2/c1-17(2)13-7-5-9-15(11-13)18(3)14-8-4-6-12(16)10-14/h4-11H,1-3H3. The van der Waals surface area contributed by atoms with Gasteiger partial charge in [0, 0.05) is 43.2 Å². The van der Waals surface area contributed by atoms with E-state index in [1.807, 2.05) is 45.4 Å². The van der Waals surface area contributed by atoms with Gasteiger partial charge >= 0.3 is 0 Å². The minimum atomic E-state index is 0.753. The molecule has 2 nitrogen and oxygen atoms in total. The quantitative estimate of drug-likeness (QED) is 0.817. The van der Waals surface area contributed by atoms with Crippen LogP contribution >= 0.6 is 11.6 Å². The van der Waals surface area contributed by atoms with Crippen LogP contribution in [0.15, 0.2) is 48.5 Å². The monoisotopic (exact) mass is 260 g/mol. The van der Waals surface area contributed by atoms with Gasteiger partial charge in [0.25, 0.3) is 0 Å². The molecule has 0 N–H and O–H groups in total. The second kappa shape index (κ2) is 5.32. The number of hydrogen-bond donors (Lipinski definition) is 0. The Kier molecular flexibility index (Phi) is 3.78. The molecule has 0 amide bonds. The Bertz CT molecular complexity index is 538. The summed E-state index contributed by atoms with van der Waals surface area (Å²) in [4.78, 5) is 4.22. The summed E-state index contributed by atoms with van der Waals surface area (Å²) < 4.78 is 0. The Hall–Kier alpha value is -1.67. The van der Waals surface area contributed by atoms with Gasteiger partial charge in [0.05, 0.1) is 0 Å². The van der Waals surface area contributed by atoms with Gasteiger partial charge in [-0.3, -0.25) is 0 Å². The zero-order chi connectivity index (χ0) is 13.1. The molecule has 3 heteroatoms. The highest BCUT2D eigenvalue weighted by Crippen LogP contribution is 2.28. The van der Waals surface area contributed by atoms with Crippen molar-refractivity contribution >= 4 is 28.7 Å². The largest absolute Gasteiger partial charge is 0.378 e. The van der Waals surface area contributed by atoms with Gasteiger partial charge in [-0.15, -0.1) is 0 Å². The minimum Gasteiger partial charge on any atom is -0.378 e. The smallest absolute Gasteiger partial charge is 0.0428 e. The summed E-state index contributed by atoms with van der Waals surface area (Å²) in [6.07, 6.45) is 0. The van der Waals surface area contributed by atoms with Gasteiger partial charge < -0.3 is 9.80 Å². The van der Waals surface area contributed by atoms with E-state index in [1.165, 1.54) is 5.69 Å². The van der Waals surface area contributed by atoms with Crippen LogP contribution in [0.5, 0.6) is 0 Å². The lowest BCUT2D eigenvalue weighted by molar-refractivity contribution is 1.12. The van der Waals surface area contributed by atoms with Crippen molar-refractivity contribution in [3.8, 4) is 0 Å². The lowest BCUT2D eigenvalue weighted by Gasteiger charge is -2.22. The fourth-order valence-corrected chi connectivity index (χ4v) is 2.00. The highest BCUT2D eigenvalue weighted by atomic mass is 35.5. The summed E-state index contributed by atoms with van der Waals surface area (Å²) in [5.74, 6) is 0. The normalized spacial score (nSPS) is 10.2. The molecule has 0 saturated carbocycles. The van der Waals surface area contributed by atoms with Crippen LogP contribution in [0.3, 0.4) is 0 Å². The lowest BCUT2D eigenvalue weighted by atomic mass is 10.2. The molecule has 0 fully saturated rings. The first-order chi connectivity index (χ1) is 8.58. The van der Waals surface area contributed by atoms with Crippen LogP contribution in [0.1, 0.15) is 0 Å². The van der Waals surface area contributed by atoms with Crippen LogP contribution in [0.2, 0.25) is 5.02 Å². The van der Waals surface area contributed by atoms with E-state index in [0.29, 0.717) is 0 Å². The number of rotatable bonds is 3. The highest BCUT2D eigenvalue weighted by Gasteiger charge is 2.05. The van der Waals surface area contributed by atoms with Gasteiger partial charge in [0.15, 0.2) is 0 Å². The number of benzene rings is 2. The third-order valence-electron chi connectivity index (χ3n) is 2.93. The predicted octanol–water partition coefficient (Wildman–Crippen LogP) is 4.17. The van der Waals surface area contributed by atoms with E-state index in [0.717, 1.165) is 16.4 Å². The van der Waals surface area contributed by atoms with Crippen LogP contribution < -0.4 is 9.80 Å². The molecule has 0 unspecified atom stereocenters. The molecule has 2 aromatic carbocycles. The second-order valence-corrected chi connectivity index (χ2v) is 4.89. The van der Waals surface area contributed by atoms with Crippen molar-refractivity contribution in [1.29, 1.82) is 0 Å². The molecule has 0 atom stereocenters. The second-order valence-electron chi connectivity index (χ2n) is 4.45. The van der Waals surface area contributed by atoms with Crippen molar-refractivity contribution in [2.24, 2.45) is 0 Å². The van der Waals surface area contributed by atoms with Crippen LogP contribution in [0.4, 0.5) is 17.1 Å². The Labute approximate surface area is 113 Å². The molecule has 18 heavy (non-hydrogen) atoms. The van der Waals surface area contributed by atoms with E-state index in [-0.39, 0.29) is 0 Å². The van der Waals surface area contributed by atoms with Gasteiger partial charge in [-0.05, 0) is 36.4 Å². The number of nitrogens with zero attached hydrogens (tertiary/aromatic N) is 2. The summed E-state index contributed by atoms with van der Waals surface area (Å²) >= 11 is 6.02. The first kappa shape index (κ1) is 12.8. The third-order valence-corrected chi connectivity index (χ3v) is 3.16. The van der Waals surface area contributed by atoms with Crippen molar-refractivity contribution in [2.45, 2.75) is 0 Å². The Morgan fingerprint density at radius 2 is 1.33 bits per heavy atom. The maximum absolute atomic E-state index is 6.02. The topological polar surface area (TPSA) is 6.48 Å². The average Bonchev–Trinajstić information content (AvgIpc) is 2.38. The summed E-state index contributed by atoms with van der Waals surface area (Å²) in [6, 6.07) is 16.3. The Balaban J connectivity index is 2.33. The van der Waals surface area contributed by atoms with Gasteiger partial charge in [0.2, 0.25) is 0 Å². The van der Waals surface area contributed by atoms with Crippen LogP contribution in [0, 0.1) is 0 Å². The van der Waals surface area contributed by atoms with E-state index in [1.54, 1.807) is 0 Å². The molecule has 0 aromatic heterocycles. The van der Waals surface area contributed by atoms with Gasteiger partial charge in [-0.2, -0.15) is 0 Å². The molecule has 0 aliphatic carbocycles. The maximum Gasteiger partial charge on any atom is 0.0428 e. The fourth-order valence-electron chi connectivity index (χ4n) is 1.81. The zero-order valence-corrected chi connectivity index (χ0v) is 11.6. The zero-order valence-electron chi connectivity index (χ0n) is 10.9. The van der Waals surface area contributed by atoms with Gasteiger partial charge in [0.1, 0.15) is 0 Å². The molecule has 2 rings (SSSR count). The van der Waals surface area contributed by atoms with Crippen molar-refractivity contribution < 1.29 is 0 Å². The summed E-state index contributed by atoms with van der Waals surface area (Å²) in [5, 5.41) is 0.753. The molecule has 94 valence electrons. The predicted molar refractivity (Wildman–Crippen MR) is 80.3 cm³/mol. The maximum atomic E-state index is 6.02. The molecule has 2 aromatic rings. The first-order valence-electron chi connectivity index (χ1n) is 5.84.